The van der Waals surface area contributed by atoms with Gasteiger partial charge in [0.25, 0.3) is 0 Å². The molecule has 0 heterocycles. The van der Waals surface area contributed by atoms with Gasteiger partial charge in [0, 0.05) is 0 Å². The summed E-state index contributed by atoms with van der Waals surface area (Å²) in [7, 11) is 0. The molecule has 0 radical (unpaired) electrons. The first kappa shape index (κ1) is 19.7. The van der Waals surface area contributed by atoms with Gasteiger partial charge in [0.2, 0.25) is 0 Å². The largest absolute Gasteiger partial charge is 0.204 e. The highest BCUT2D eigenvalue weighted by molar-refractivity contribution is 5.73. The molecule has 3 rings (SSSR count). The van der Waals surface area contributed by atoms with Crippen molar-refractivity contribution in [2.45, 2.75) is 0 Å². The van der Waals surface area contributed by atoms with E-state index < -0.39 is 80.4 Å². The molecule has 0 saturated carbocycles. The zero-order chi connectivity index (χ0) is 20.9. The average Bonchev–Trinajstić information content (AvgIpc) is 2.62. The molecule has 0 aliphatic carbocycles. The third kappa shape index (κ3) is 2.98. The number of hydrogen-bond acceptors (Lipinski definition) is 0. The molecule has 0 aromatic heterocycles. The summed E-state index contributed by atoms with van der Waals surface area (Å²) >= 11 is 0. The Labute approximate surface area is 149 Å². The smallest absolute Gasteiger partial charge is 0.194 e. The van der Waals surface area contributed by atoms with Gasteiger partial charge >= 0.3 is 0 Å². The van der Waals surface area contributed by atoms with Gasteiger partial charge in [-0.05, 0) is 35.4 Å². The minimum atomic E-state index is -2.18. The molecule has 0 atom stereocenters. The molecule has 0 saturated heterocycles. The van der Waals surface area contributed by atoms with E-state index in [1.165, 1.54) is 0 Å². The van der Waals surface area contributed by atoms with Crippen molar-refractivity contribution in [1.82, 2.24) is 0 Å². The number of halogens is 10. The summed E-state index contributed by atoms with van der Waals surface area (Å²) in [5.41, 5.74) is -5.32. The van der Waals surface area contributed by atoms with Gasteiger partial charge in [0.15, 0.2) is 58.2 Å². The molecule has 28 heavy (non-hydrogen) atoms. The van der Waals surface area contributed by atoms with Gasteiger partial charge < -0.3 is 0 Å². The van der Waals surface area contributed by atoms with E-state index in [-0.39, 0.29) is 24.3 Å². The summed E-state index contributed by atoms with van der Waals surface area (Å²) in [6.45, 7) is 0. The molecule has 0 fully saturated rings. The van der Waals surface area contributed by atoms with Crippen LogP contribution in [0.5, 0.6) is 0 Å². The van der Waals surface area contributed by atoms with Crippen molar-refractivity contribution in [3.05, 3.63) is 82.4 Å². The summed E-state index contributed by atoms with van der Waals surface area (Å²) < 4.78 is 137. The lowest BCUT2D eigenvalue weighted by molar-refractivity contribution is 0.444. The second-order valence-electron chi connectivity index (χ2n) is 5.51. The number of rotatable bonds is 2. The summed E-state index contributed by atoms with van der Waals surface area (Å²) in [6.07, 6.45) is 0. The molecule has 0 unspecified atom stereocenters. The summed E-state index contributed by atoms with van der Waals surface area (Å²) in [5.74, 6) is -20.2. The molecule has 0 N–H and O–H groups in total. The van der Waals surface area contributed by atoms with Crippen LogP contribution in [-0.2, 0) is 0 Å². The van der Waals surface area contributed by atoms with Gasteiger partial charge in [-0.15, -0.1) is 0 Å². The average molecular weight is 410 g/mol. The van der Waals surface area contributed by atoms with Crippen molar-refractivity contribution in [3.63, 3.8) is 0 Å². The van der Waals surface area contributed by atoms with E-state index in [1.54, 1.807) is 0 Å². The quantitative estimate of drug-likeness (QED) is 0.260. The molecule has 0 aliphatic heterocycles. The second-order valence-corrected chi connectivity index (χ2v) is 5.51. The van der Waals surface area contributed by atoms with Crippen molar-refractivity contribution in [1.29, 1.82) is 0 Å². The van der Waals surface area contributed by atoms with Crippen molar-refractivity contribution in [2.75, 3.05) is 0 Å². The Bertz CT molecular complexity index is 956. The summed E-state index contributed by atoms with van der Waals surface area (Å²) in [6, 6.07) is 0.372. The minimum Gasteiger partial charge on any atom is -0.204 e. The van der Waals surface area contributed by atoms with E-state index in [0.717, 1.165) is 0 Å². The molecule has 146 valence electrons. The molecule has 0 bridgehead atoms. The zero-order valence-electron chi connectivity index (χ0n) is 13.1. The SMILES string of the molecule is Fc1cc(-c2c(F)c(F)c(-c3cc(F)c(F)c(F)c3)c(F)c2F)cc(F)c1F. The minimum absolute atomic E-state index is 0.0929. The molecule has 0 nitrogen and oxygen atoms in total. The lowest BCUT2D eigenvalue weighted by Gasteiger charge is -2.13. The molecular formula is C18H4F10. The van der Waals surface area contributed by atoms with Gasteiger partial charge in [0.1, 0.15) is 0 Å². The van der Waals surface area contributed by atoms with Crippen molar-refractivity contribution >= 4 is 0 Å². The fraction of sp³-hybridized carbons (Fsp3) is 0. The molecule has 3 aromatic carbocycles. The molecule has 10 heteroatoms. The van der Waals surface area contributed by atoms with Crippen LogP contribution in [0.2, 0.25) is 0 Å². The number of benzene rings is 3. The van der Waals surface area contributed by atoms with Crippen LogP contribution in [0, 0.1) is 58.2 Å². The standard InChI is InChI=1S/C18H4F10/c19-7-1-5(2-8(20)13(7)23)11-15(25)17(27)12(18(28)16(11)26)6-3-9(21)14(24)10(22)4-6/h1-4H. The zero-order valence-corrected chi connectivity index (χ0v) is 13.1. The van der Waals surface area contributed by atoms with Crippen LogP contribution in [0.4, 0.5) is 43.9 Å². The van der Waals surface area contributed by atoms with Gasteiger partial charge in [-0.25, -0.2) is 43.9 Å². The third-order valence-electron chi connectivity index (χ3n) is 3.81. The molecule has 0 aliphatic rings. The highest BCUT2D eigenvalue weighted by Crippen LogP contribution is 2.38. The van der Waals surface area contributed by atoms with Crippen LogP contribution in [0.15, 0.2) is 24.3 Å². The predicted octanol–water partition coefficient (Wildman–Crippen LogP) is 6.41. The van der Waals surface area contributed by atoms with Gasteiger partial charge in [0.05, 0.1) is 11.1 Å². The maximum Gasteiger partial charge on any atom is 0.194 e. The Morgan fingerprint density at radius 1 is 0.321 bits per heavy atom. The lowest BCUT2D eigenvalue weighted by atomic mass is 9.96. The van der Waals surface area contributed by atoms with Gasteiger partial charge in [-0.3, -0.25) is 0 Å². The molecular weight excluding hydrogens is 406 g/mol. The topological polar surface area (TPSA) is 0 Å². The first-order valence-electron chi connectivity index (χ1n) is 7.20. The summed E-state index contributed by atoms with van der Waals surface area (Å²) in [4.78, 5) is 0. The van der Waals surface area contributed by atoms with E-state index in [9.17, 15) is 43.9 Å². The van der Waals surface area contributed by atoms with Crippen molar-refractivity contribution < 1.29 is 43.9 Å². The maximum absolute atomic E-state index is 14.3. The maximum atomic E-state index is 14.3. The van der Waals surface area contributed by atoms with E-state index in [4.69, 9.17) is 0 Å². The Hall–Kier alpha value is -3.04. The van der Waals surface area contributed by atoms with Crippen molar-refractivity contribution in [2.24, 2.45) is 0 Å². The van der Waals surface area contributed by atoms with E-state index in [1.807, 2.05) is 0 Å². The third-order valence-corrected chi connectivity index (χ3v) is 3.81. The fourth-order valence-corrected chi connectivity index (χ4v) is 2.54. The number of hydrogen-bond donors (Lipinski definition) is 0. The first-order chi connectivity index (χ1) is 13.0. The van der Waals surface area contributed by atoms with Crippen LogP contribution < -0.4 is 0 Å². The Kier molecular flexibility index (Phi) is 4.82. The molecule has 0 amide bonds. The van der Waals surface area contributed by atoms with E-state index in [2.05, 4.69) is 0 Å². The van der Waals surface area contributed by atoms with Crippen LogP contribution >= 0.6 is 0 Å². The highest BCUT2D eigenvalue weighted by atomic mass is 19.2. The van der Waals surface area contributed by atoms with Gasteiger partial charge in [-0.1, -0.05) is 0 Å². The molecule has 3 aromatic rings. The molecule has 0 spiro atoms. The monoisotopic (exact) mass is 410 g/mol. The first-order valence-corrected chi connectivity index (χ1v) is 7.20. The Morgan fingerprint density at radius 2 is 0.536 bits per heavy atom. The second kappa shape index (κ2) is 6.84. The fourth-order valence-electron chi connectivity index (χ4n) is 2.54. The predicted molar refractivity (Wildman–Crippen MR) is 76.9 cm³/mol. The summed E-state index contributed by atoms with van der Waals surface area (Å²) in [5, 5.41) is 0. The highest BCUT2D eigenvalue weighted by Gasteiger charge is 2.29. The Balaban J connectivity index is 2.32. The van der Waals surface area contributed by atoms with Crippen molar-refractivity contribution in [3.8, 4) is 22.3 Å². The van der Waals surface area contributed by atoms with Crippen LogP contribution in [-0.4, -0.2) is 0 Å². The lowest BCUT2D eigenvalue weighted by Crippen LogP contribution is -2.05. The van der Waals surface area contributed by atoms with E-state index >= 15 is 0 Å². The normalized spacial score (nSPS) is 11.2. The van der Waals surface area contributed by atoms with Gasteiger partial charge in [-0.2, -0.15) is 0 Å². The van der Waals surface area contributed by atoms with Crippen LogP contribution in [0.25, 0.3) is 22.3 Å². The van der Waals surface area contributed by atoms with Crippen LogP contribution in [0.1, 0.15) is 0 Å². The van der Waals surface area contributed by atoms with Crippen LogP contribution in [0.3, 0.4) is 0 Å². The van der Waals surface area contributed by atoms with E-state index in [0.29, 0.717) is 0 Å². The Morgan fingerprint density at radius 3 is 0.750 bits per heavy atom.